The van der Waals surface area contributed by atoms with Crippen LogP contribution in [0.2, 0.25) is 0 Å². The van der Waals surface area contributed by atoms with Crippen molar-refractivity contribution in [1.82, 2.24) is 14.2 Å². The van der Waals surface area contributed by atoms with E-state index in [2.05, 4.69) is 4.98 Å². The van der Waals surface area contributed by atoms with Gasteiger partial charge in [-0.05, 0) is 12.1 Å². The Bertz CT molecular complexity index is 1130. The summed E-state index contributed by atoms with van der Waals surface area (Å²) in [6.45, 7) is 0. The number of nitro benzene ring substituents is 1. The summed E-state index contributed by atoms with van der Waals surface area (Å²) in [4.78, 5) is 27.1. The van der Waals surface area contributed by atoms with Gasteiger partial charge < -0.3 is 0 Å². The first-order valence-electron chi connectivity index (χ1n) is 7.55. The number of hydrogen-bond donors (Lipinski definition) is 0. The molecule has 0 aliphatic carbocycles. The molecule has 2 aromatic heterocycles. The van der Waals surface area contributed by atoms with Crippen LogP contribution < -0.4 is 5.56 Å². The molecule has 7 nitrogen and oxygen atoms in total. The summed E-state index contributed by atoms with van der Waals surface area (Å²) in [7, 11) is 0. The van der Waals surface area contributed by atoms with Gasteiger partial charge in [0.15, 0.2) is 5.65 Å². The number of aromatic nitrogens is 3. The maximum Gasteiger partial charge on any atom is 0.273 e. The Morgan fingerprint density at radius 3 is 2.36 bits per heavy atom. The Morgan fingerprint density at radius 1 is 0.960 bits per heavy atom. The maximum absolute atomic E-state index is 12.4. The first kappa shape index (κ1) is 14.8. The van der Waals surface area contributed by atoms with E-state index in [4.69, 9.17) is 0 Å². The molecule has 122 valence electrons. The molecule has 4 aromatic rings. The number of rotatable bonds is 3. The van der Waals surface area contributed by atoms with Gasteiger partial charge in [-0.15, -0.1) is 0 Å². The minimum atomic E-state index is -0.455. The van der Waals surface area contributed by atoms with E-state index in [0.29, 0.717) is 11.3 Å². The predicted molar refractivity (Wildman–Crippen MR) is 92.9 cm³/mol. The highest BCUT2D eigenvalue weighted by Crippen LogP contribution is 2.26. The van der Waals surface area contributed by atoms with E-state index in [1.807, 2.05) is 36.4 Å². The fourth-order valence-corrected chi connectivity index (χ4v) is 2.79. The van der Waals surface area contributed by atoms with Crippen molar-refractivity contribution in [2.24, 2.45) is 0 Å². The lowest BCUT2D eigenvalue weighted by Crippen LogP contribution is -2.19. The van der Waals surface area contributed by atoms with Crippen molar-refractivity contribution >= 4 is 11.3 Å². The zero-order valence-electron chi connectivity index (χ0n) is 12.9. The third kappa shape index (κ3) is 2.47. The van der Waals surface area contributed by atoms with Crippen molar-refractivity contribution in [3.05, 3.63) is 93.4 Å². The molecule has 0 saturated carbocycles. The number of nitrogens with zero attached hydrogens (tertiary/aromatic N) is 4. The van der Waals surface area contributed by atoms with Crippen molar-refractivity contribution in [2.45, 2.75) is 0 Å². The Kier molecular flexibility index (Phi) is 3.39. The SMILES string of the molecule is O=c1ccnc2cc(-c3ccccc3)n(-c3ccc([N+](=O)[O-])cc3)n12. The average molecular weight is 332 g/mol. The van der Waals surface area contributed by atoms with E-state index in [-0.39, 0.29) is 11.2 Å². The highest BCUT2D eigenvalue weighted by molar-refractivity contribution is 5.67. The summed E-state index contributed by atoms with van der Waals surface area (Å²) >= 11 is 0. The first-order chi connectivity index (χ1) is 12.1. The monoisotopic (exact) mass is 332 g/mol. The number of hydrogen-bond acceptors (Lipinski definition) is 4. The van der Waals surface area contributed by atoms with Gasteiger partial charge in [-0.3, -0.25) is 14.9 Å². The molecule has 0 aliphatic rings. The topological polar surface area (TPSA) is 82.4 Å². The van der Waals surface area contributed by atoms with Crippen molar-refractivity contribution in [3.8, 4) is 16.9 Å². The fourth-order valence-electron chi connectivity index (χ4n) is 2.79. The minimum Gasteiger partial charge on any atom is -0.267 e. The van der Waals surface area contributed by atoms with E-state index in [9.17, 15) is 14.9 Å². The third-order valence-electron chi connectivity index (χ3n) is 3.92. The van der Waals surface area contributed by atoms with E-state index in [1.165, 1.54) is 28.9 Å². The fraction of sp³-hybridized carbons (Fsp3) is 0. The summed E-state index contributed by atoms with van der Waals surface area (Å²) in [5, 5.41) is 10.9. The molecule has 2 heterocycles. The van der Waals surface area contributed by atoms with Crippen LogP contribution in [0, 0.1) is 10.1 Å². The zero-order chi connectivity index (χ0) is 17.4. The van der Waals surface area contributed by atoms with E-state index in [0.717, 1.165) is 11.3 Å². The maximum atomic E-state index is 12.4. The van der Waals surface area contributed by atoms with E-state index in [1.54, 1.807) is 16.8 Å². The Balaban J connectivity index is 2.04. The second-order valence-corrected chi connectivity index (χ2v) is 5.43. The van der Waals surface area contributed by atoms with Gasteiger partial charge >= 0.3 is 0 Å². The number of fused-ring (bicyclic) bond motifs is 1. The molecule has 0 unspecified atom stereocenters. The second-order valence-electron chi connectivity index (χ2n) is 5.43. The Labute approximate surface area is 141 Å². The van der Waals surface area contributed by atoms with Gasteiger partial charge in [0.25, 0.3) is 11.2 Å². The molecule has 4 rings (SSSR count). The van der Waals surface area contributed by atoms with E-state index < -0.39 is 4.92 Å². The molecule has 0 spiro atoms. The highest BCUT2D eigenvalue weighted by Gasteiger charge is 2.15. The minimum absolute atomic E-state index is 0.00746. The number of non-ortho nitro benzene ring substituents is 1. The van der Waals surface area contributed by atoms with Crippen LogP contribution in [0.1, 0.15) is 0 Å². The summed E-state index contributed by atoms with van der Waals surface area (Å²) in [6, 6.07) is 18.8. The van der Waals surface area contributed by atoms with Crippen molar-refractivity contribution < 1.29 is 4.92 Å². The van der Waals surface area contributed by atoms with Crippen LogP contribution in [0.4, 0.5) is 5.69 Å². The lowest BCUT2D eigenvalue weighted by atomic mass is 10.1. The molecule has 0 amide bonds. The molecule has 7 heteroatoms. The molecule has 0 saturated heterocycles. The second kappa shape index (κ2) is 5.72. The molecule has 25 heavy (non-hydrogen) atoms. The summed E-state index contributed by atoms with van der Waals surface area (Å²) in [6.07, 6.45) is 1.46. The summed E-state index contributed by atoms with van der Waals surface area (Å²) in [5.41, 5.74) is 2.58. The normalized spacial score (nSPS) is 10.9. The van der Waals surface area contributed by atoms with Crippen LogP contribution in [-0.4, -0.2) is 19.1 Å². The quantitative estimate of drug-likeness (QED) is 0.426. The first-order valence-corrected chi connectivity index (χ1v) is 7.55. The molecule has 0 fully saturated rings. The predicted octanol–water partition coefficient (Wildman–Crippen LogP) is 3.06. The molecule has 0 radical (unpaired) electrons. The van der Waals surface area contributed by atoms with Gasteiger partial charge in [-0.2, -0.15) is 4.52 Å². The number of nitro groups is 1. The largest absolute Gasteiger partial charge is 0.273 e. The molecule has 2 aromatic carbocycles. The average Bonchev–Trinajstić information content (AvgIpc) is 3.03. The van der Waals surface area contributed by atoms with Crippen LogP contribution in [0.3, 0.4) is 0 Å². The molecule has 0 aliphatic heterocycles. The summed E-state index contributed by atoms with van der Waals surface area (Å²) < 4.78 is 3.16. The van der Waals surface area contributed by atoms with E-state index >= 15 is 0 Å². The zero-order valence-corrected chi connectivity index (χ0v) is 12.9. The van der Waals surface area contributed by atoms with Crippen molar-refractivity contribution in [2.75, 3.05) is 0 Å². The van der Waals surface area contributed by atoms with Gasteiger partial charge in [0, 0.05) is 36.0 Å². The van der Waals surface area contributed by atoms with Crippen LogP contribution in [-0.2, 0) is 0 Å². The van der Waals surface area contributed by atoms with Gasteiger partial charge in [0.05, 0.1) is 16.3 Å². The molecular formula is C18H12N4O3. The van der Waals surface area contributed by atoms with Crippen LogP contribution in [0.5, 0.6) is 0 Å². The van der Waals surface area contributed by atoms with Gasteiger partial charge in [0.2, 0.25) is 0 Å². The van der Waals surface area contributed by atoms with Gasteiger partial charge in [-0.1, -0.05) is 30.3 Å². The third-order valence-corrected chi connectivity index (χ3v) is 3.92. The van der Waals surface area contributed by atoms with Crippen LogP contribution in [0.15, 0.2) is 77.7 Å². The van der Waals surface area contributed by atoms with Crippen LogP contribution >= 0.6 is 0 Å². The van der Waals surface area contributed by atoms with Gasteiger partial charge in [0.1, 0.15) is 0 Å². The van der Waals surface area contributed by atoms with Crippen molar-refractivity contribution in [1.29, 1.82) is 0 Å². The van der Waals surface area contributed by atoms with Gasteiger partial charge in [-0.25, -0.2) is 9.67 Å². The number of benzene rings is 2. The lowest BCUT2D eigenvalue weighted by Gasteiger charge is -2.11. The molecule has 0 atom stereocenters. The van der Waals surface area contributed by atoms with Crippen molar-refractivity contribution in [3.63, 3.8) is 0 Å². The summed E-state index contributed by atoms with van der Waals surface area (Å²) in [5.74, 6) is 0. The molecule has 0 N–H and O–H groups in total. The molecule has 0 bridgehead atoms. The lowest BCUT2D eigenvalue weighted by molar-refractivity contribution is -0.384. The Morgan fingerprint density at radius 2 is 1.68 bits per heavy atom. The standard InChI is InChI=1S/C18H12N4O3/c23-18-10-11-19-17-12-16(13-4-2-1-3-5-13)20(21(17)18)14-6-8-15(9-7-14)22(24)25/h1-12H. The smallest absolute Gasteiger partial charge is 0.267 e. The highest BCUT2D eigenvalue weighted by atomic mass is 16.6. The molecular weight excluding hydrogens is 320 g/mol. The van der Waals surface area contributed by atoms with Crippen LogP contribution in [0.25, 0.3) is 22.6 Å². The Hall–Kier alpha value is -3.74.